The van der Waals surface area contributed by atoms with Crippen molar-refractivity contribution in [2.45, 2.75) is 63.5 Å². The molecule has 1 amide bonds. The minimum absolute atomic E-state index is 0.178. The number of hydrogen-bond acceptors (Lipinski definition) is 3. The summed E-state index contributed by atoms with van der Waals surface area (Å²) in [5.41, 5.74) is 5.17. The van der Waals surface area contributed by atoms with Crippen LogP contribution < -0.4 is 11.1 Å². The van der Waals surface area contributed by atoms with Gasteiger partial charge in [-0.05, 0) is 64.5 Å². The Balaban J connectivity index is 2.02. The molecule has 110 valence electrons. The molecule has 0 aromatic carbocycles. The molecular weight excluding hydrogens is 238 g/mol. The van der Waals surface area contributed by atoms with Gasteiger partial charge in [-0.25, -0.2) is 0 Å². The molecule has 0 aromatic heterocycles. The summed E-state index contributed by atoms with van der Waals surface area (Å²) in [6, 6.07) is 0.522. The van der Waals surface area contributed by atoms with Crippen LogP contribution >= 0.6 is 0 Å². The van der Waals surface area contributed by atoms with Gasteiger partial charge in [0.1, 0.15) is 0 Å². The van der Waals surface area contributed by atoms with Crippen LogP contribution in [0.4, 0.5) is 0 Å². The molecule has 2 atom stereocenters. The van der Waals surface area contributed by atoms with Crippen molar-refractivity contribution in [1.82, 2.24) is 10.2 Å². The van der Waals surface area contributed by atoms with Gasteiger partial charge in [0.2, 0.25) is 5.91 Å². The van der Waals surface area contributed by atoms with E-state index in [9.17, 15) is 4.79 Å². The predicted molar refractivity (Wildman–Crippen MR) is 77.8 cm³/mol. The molecule has 0 radical (unpaired) electrons. The van der Waals surface area contributed by atoms with Gasteiger partial charge in [-0.15, -0.1) is 0 Å². The average Bonchev–Trinajstić information content (AvgIpc) is 3.22. The van der Waals surface area contributed by atoms with Crippen molar-refractivity contribution in [1.29, 1.82) is 0 Å². The van der Waals surface area contributed by atoms with E-state index in [4.69, 9.17) is 5.73 Å². The van der Waals surface area contributed by atoms with E-state index in [0.29, 0.717) is 6.04 Å². The van der Waals surface area contributed by atoms with E-state index < -0.39 is 5.54 Å². The van der Waals surface area contributed by atoms with Gasteiger partial charge in [-0.1, -0.05) is 6.92 Å². The summed E-state index contributed by atoms with van der Waals surface area (Å²) in [6.07, 6.45) is 8.04. The Hall–Kier alpha value is -0.610. The zero-order valence-corrected chi connectivity index (χ0v) is 12.5. The number of nitrogens with one attached hydrogen (secondary N) is 1. The SMILES string of the molecule is CCCN(CC1CC1)C1CCCC(NC)(C(N)=O)C1. The molecule has 4 nitrogen and oxygen atoms in total. The molecule has 2 aliphatic carbocycles. The molecule has 3 N–H and O–H groups in total. The van der Waals surface area contributed by atoms with Gasteiger partial charge in [0.15, 0.2) is 0 Å². The fourth-order valence-corrected chi connectivity index (χ4v) is 3.47. The summed E-state index contributed by atoms with van der Waals surface area (Å²) < 4.78 is 0. The molecule has 0 saturated heterocycles. The molecule has 2 unspecified atom stereocenters. The minimum atomic E-state index is -0.474. The second-order valence-electron chi connectivity index (χ2n) is 6.38. The number of nitrogens with two attached hydrogens (primary N) is 1. The number of carbonyl (C=O) groups excluding carboxylic acids is 1. The summed E-state index contributed by atoms with van der Waals surface area (Å²) in [5.74, 6) is 0.730. The smallest absolute Gasteiger partial charge is 0.237 e. The molecule has 19 heavy (non-hydrogen) atoms. The average molecular weight is 267 g/mol. The fraction of sp³-hybridized carbons (Fsp3) is 0.933. The van der Waals surface area contributed by atoms with E-state index in [0.717, 1.165) is 31.7 Å². The van der Waals surface area contributed by atoms with E-state index >= 15 is 0 Å². The predicted octanol–water partition coefficient (Wildman–Crippen LogP) is 1.49. The Morgan fingerprint density at radius 2 is 2.16 bits per heavy atom. The number of nitrogens with zero attached hydrogens (tertiary/aromatic N) is 1. The third-order valence-electron chi connectivity index (χ3n) is 4.89. The van der Waals surface area contributed by atoms with E-state index in [-0.39, 0.29) is 5.91 Å². The highest BCUT2D eigenvalue weighted by atomic mass is 16.1. The molecule has 2 fully saturated rings. The fourth-order valence-electron chi connectivity index (χ4n) is 3.47. The quantitative estimate of drug-likeness (QED) is 0.735. The number of rotatable bonds is 7. The van der Waals surface area contributed by atoms with Crippen LogP contribution in [0.15, 0.2) is 0 Å². The van der Waals surface area contributed by atoms with Crippen LogP contribution in [-0.4, -0.2) is 42.5 Å². The highest BCUT2D eigenvalue weighted by Crippen LogP contribution is 2.35. The minimum Gasteiger partial charge on any atom is -0.368 e. The molecule has 0 bridgehead atoms. The van der Waals surface area contributed by atoms with Crippen LogP contribution in [0.25, 0.3) is 0 Å². The lowest BCUT2D eigenvalue weighted by Gasteiger charge is -2.43. The van der Waals surface area contributed by atoms with Crippen molar-refractivity contribution in [2.75, 3.05) is 20.1 Å². The number of amides is 1. The third kappa shape index (κ3) is 3.48. The monoisotopic (exact) mass is 267 g/mol. The number of likely N-dealkylation sites (N-methyl/N-ethyl adjacent to an activating group) is 1. The van der Waals surface area contributed by atoms with E-state index in [1.807, 2.05) is 7.05 Å². The lowest BCUT2D eigenvalue weighted by Crippen LogP contribution is -2.59. The lowest BCUT2D eigenvalue weighted by atomic mass is 9.77. The number of primary amides is 1. The zero-order chi connectivity index (χ0) is 13.9. The highest BCUT2D eigenvalue weighted by molar-refractivity contribution is 5.84. The van der Waals surface area contributed by atoms with E-state index in [1.165, 1.54) is 32.2 Å². The second-order valence-corrected chi connectivity index (χ2v) is 6.38. The van der Waals surface area contributed by atoms with Gasteiger partial charge in [-0.2, -0.15) is 0 Å². The van der Waals surface area contributed by atoms with Gasteiger partial charge >= 0.3 is 0 Å². The summed E-state index contributed by atoms with van der Waals surface area (Å²) in [5, 5.41) is 3.21. The van der Waals surface area contributed by atoms with Gasteiger partial charge in [0, 0.05) is 12.6 Å². The first-order chi connectivity index (χ1) is 9.11. The van der Waals surface area contributed by atoms with Crippen LogP contribution in [0.3, 0.4) is 0 Å². The van der Waals surface area contributed by atoms with Crippen molar-refractivity contribution in [3.05, 3.63) is 0 Å². The Labute approximate surface area is 117 Å². The maximum Gasteiger partial charge on any atom is 0.237 e. The maximum absolute atomic E-state index is 11.8. The first-order valence-corrected chi connectivity index (χ1v) is 7.84. The summed E-state index contributed by atoms with van der Waals surface area (Å²) in [7, 11) is 1.87. The van der Waals surface area contributed by atoms with Crippen molar-refractivity contribution >= 4 is 5.91 Å². The molecule has 0 aromatic rings. The summed E-state index contributed by atoms with van der Waals surface area (Å²) in [4.78, 5) is 14.4. The van der Waals surface area contributed by atoms with Crippen LogP contribution in [0, 0.1) is 5.92 Å². The van der Waals surface area contributed by atoms with Crippen molar-refractivity contribution in [2.24, 2.45) is 11.7 Å². The maximum atomic E-state index is 11.8. The van der Waals surface area contributed by atoms with Gasteiger partial charge in [0.05, 0.1) is 5.54 Å². The van der Waals surface area contributed by atoms with Crippen LogP contribution in [0.5, 0.6) is 0 Å². The van der Waals surface area contributed by atoms with E-state index in [1.54, 1.807) is 0 Å². The molecule has 2 saturated carbocycles. The summed E-state index contributed by atoms with van der Waals surface area (Å²) >= 11 is 0. The first-order valence-electron chi connectivity index (χ1n) is 7.84. The Kier molecular flexibility index (Phi) is 4.85. The topological polar surface area (TPSA) is 58.4 Å². The molecule has 2 aliphatic rings. The molecule has 4 heteroatoms. The van der Waals surface area contributed by atoms with Crippen molar-refractivity contribution in [3.63, 3.8) is 0 Å². The highest BCUT2D eigenvalue weighted by Gasteiger charge is 2.42. The van der Waals surface area contributed by atoms with Crippen LogP contribution in [0.2, 0.25) is 0 Å². The molecule has 0 aliphatic heterocycles. The van der Waals surface area contributed by atoms with Gasteiger partial charge in [0.25, 0.3) is 0 Å². The largest absolute Gasteiger partial charge is 0.368 e. The molecular formula is C15H29N3O. The van der Waals surface area contributed by atoms with E-state index in [2.05, 4.69) is 17.1 Å². The Bertz CT molecular complexity index is 317. The van der Waals surface area contributed by atoms with Crippen LogP contribution in [0.1, 0.15) is 51.9 Å². The normalized spacial score (nSPS) is 31.6. The molecule has 0 spiro atoms. The zero-order valence-electron chi connectivity index (χ0n) is 12.5. The first kappa shape index (κ1) is 14.8. The Morgan fingerprint density at radius 3 is 2.68 bits per heavy atom. The molecule has 2 rings (SSSR count). The third-order valence-corrected chi connectivity index (χ3v) is 4.89. The lowest BCUT2D eigenvalue weighted by molar-refractivity contribution is -0.126. The molecule has 0 heterocycles. The summed E-state index contributed by atoms with van der Waals surface area (Å²) in [6.45, 7) is 4.61. The number of hydrogen-bond donors (Lipinski definition) is 2. The standard InChI is InChI=1S/C15H29N3O/c1-3-9-18(11-12-6-7-12)13-5-4-8-15(10-13,17-2)14(16)19/h12-13,17H,3-11H2,1-2H3,(H2,16,19). The second kappa shape index (κ2) is 6.23. The van der Waals surface area contributed by atoms with Gasteiger partial charge < -0.3 is 16.0 Å². The van der Waals surface area contributed by atoms with Gasteiger partial charge in [-0.3, -0.25) is 4.79 Å². The number of carbonyl (C=O) groups is 1. The Morgan fingerprint density at radius 1 is 1.42 bits per heavy atom. The van der Waals surface area contributed by atoms with Crippen molar-refractivity contribution < 1.29 is 4.79 Å². The van der Waals surface area contributed by atoms with Crippen LogP contribution in [-0.2, 0) is 4.79 Å². The van der Waals surface area contributed by atoms with Crippen molar-refractivity contribution in [3.8, 4) is 0 Å².